The number of carbonyl (C=O) groups excluding carboxylic acids is 1. The second-order valence-corrected chi connectivity index (χ2v) is 2.58. The summed E-state index contributed by atoms with van der Waals surface area (Å²) >= 11 is 10.9. The maximum Gasteiger partial charge on any atom is 0.210 e. The summed E-state index contributed by atoms with van der Waals surface area (Å²) in [5.41, 5.74) is 1.24. The largest absolute Gasteiger partial charge is 0.336 e. The van der Waals surface area contributed by atoms with Crippen LogP contribution in [0.2, 0.25) is 0 Å². The molecule has 0 aliphatic rings. The summed E-state index contributed by atoms with van der Waals surface area (Å²) in [5, 5.41) is 0.431. The van der Waals surface area contributed by atoms with Crippen molar-refractivity contribution in [3.8, 4) is 0 Å². The highest BCUT2D eigenvalue weighted by molar-refractivity contribution is 6.36. The van der Waals surface area contributed by atoms with Crippen molar-refractivity contribution in [2.24, 2.45) is 0 Å². The molecular formula is C7H9Cl2NO. The van der Waals surface area contributed by atoms with E-state index in [1.54, 1.807) is 6.08 Å². The Labute approximate surface area is 76.1 Å². The van der Waals surface area contributed by atoms with Gasteiger partial charge in [0.15, 0.2) is 0 Å². The van der Waals surface area contributed by atoms with Crippen molar-refractivity contribution >= 4 is 29.6 Å². The zero-order valence-electron chi connectivity index (χ0n) is 5.96. The van der Waals surface area contributed by atoms with Crippen molar-refractivity contribution in [3.63, 3.8) is 0 Å². The third kappa shape index (κ3) is 4.87. The SMILES string of the molecule is C=CCN(C=O)CC(Cl)=CCl. The number of hydrogen-bond acceptors (Lipinski definition) is 1. The molecule has 0 aliphatic heterocycles. The second-order valence-electron chi connectivity index (χ2n) is 1.88. The van der Waals surface area contributed by atoms with E-state index in [0.717, 1.165) is 0 Å². The van der Waals surface area contributed by atoms with Crippen LogP contribution in [-0.4, -0.2) is 24.4 Å². The lowest BCUT2D eigenvalue weighted by molar-refractivity contribution is -0.117. The number of nitrogens with zero attached hydrogens (tertiary/aromatic N) is 1. The summed E-state index contributed by atoms with van der Waals surface area (Å²) in [5.74, 6) is 0. The first-order chi connectivity index (χ1) is 5.24. The first kappa shape index (κ1) is 10.5. The smallest absolute Gasteiger partial charge is 0.210 e. The average molecular weight is 194 g/mol. The van der Waals surface area contributed by atoms with E-state index in [1.807, 2.05) is 0 Å². The molecule has 11 heavy (non-hydrogen) atoms. The number of amides is 1. The highest BCUT2D eigenvalue weighted by Crippen LogP contribution is 2.04. The Bertz CT molecular complexity index is 168. The van der Waals surface area contributed by atoms with Gasteiger partial charge in [-0.05, 0) is 0 Å². The Kier molecular flexibility index (Phi) is 5.99. The standard InChI is InChI=1S/C7H9Cl2NO/c1-2-3-10(6-11)5-7(9)4-8/h2,4,6H,1,3,5H2. The van der Waals surface area contributed by atoms with Gasteiger partial charge in [-0.2, -0.15) is 0 Å². The number of halogens is 2. The lowest BCUT2D eigenvalue weighted by Crippen LogP contribution is -2.23. The molecule has 0 aromatic heterocycles. The van der Waals surface area contributed by atoms with Gasteiger partial charge in [0, 0.05) is 17.1 Å². The van der Waals surface area contributed by atoms with E-state index in [1.165, 1.54) is 10.4 Å². The summed E-state index contributed by atoms with van der Waals surface area (Å²) in [6.45, 7) is 4.30. The molecule has 0 atom stereocenters. The monoisotopic (exact) mass is 193 g/mol. The highest BCUT2D eigenvalue weighted by Gasteiger charge is 1.99. The average Bonchev–Trinajstić information content (AvgIpc) is 2.03. The Hall–Kier alpha value is -0.470. The quantitative estimate of drug-likeness (QED) is 0.483. The van der Waals surface area contributed by atoms with Crippen LogP contribution in [0.3, 0.4) is 0 Å². The molecule has 0 N–H and O–H groups in total. The minimum atomic E-state index is 0.334. The summed E-state index contributed by atoms with van der Waals surface area (Å²) in [6, 6.07) is 0. The van der Waals surface area contributed by atoms with Gasteiger partial charge in [-0.3, -0.25) is 4.79 Å². The predicted octanol–water partition coefficient (Wildman–Crippen LogP) is 1.95. The topological polar surface area (TPSA) is 20.3 Å². The zero-order valence-corrected chi connectivity index (χ0v) is 7.48. The van der Waals surface area contributed by atoms with Crippen LogP contribution in [0.25, 0.3) is 0 Å². The fraction of sp³-hybridized carbons (Fsp3) is 0.286. The molecule has 4 heteroatoms. The molecule has 0 radical (unpaired) electrons. The van der Waals surface area contributed by atoms with Gasteiger partial charge in [-0.1, -0.05) is 29.3 Å². The molecule has 0 aromatic rings. The fourth-order valence-corrected chi connectivity index (χ4v) is 0.762. The van der Waals surface area contributed by atoms with Crippen molar-refractivity contribution in [1.29, 1.82) is 0 Å². The molecule has 2 nitrogen and oxygen atoms in total. The molecule has 0 saturated carbocycles. The van der Waals surface area contributed by atoms with Crippen LogP contribution < -0.4 is 0 Å². The molecule has 0 aromatic carbocycles. The van der Waals surface area contributed by atoms with Crippen molar-refractivity contribution in [3.05, 3.63) is 23.2 Å². The van der Waals surface area contributed by atoms with E-state index >= 15 is 0 Å². The second kappa shape index (κ2) is 6.25. The first-order valence-corrected chi connectivity index (χ1v) is 3.81. The van der Waals surface area contributed by atoms with Crippen LogP contribution >= 0.6 is 23.2 Å². The Balaban J connectivity index is 3.86. The van der Waals surface area contributed by atoms with Crippen molar-refractivity contribution in [1.82, 2.24) is 4.90 Å². The van der Waals surface area contributed by atoms with E-state index in [9.17, 15) is 4.79 Å². The zero-order chi connectivity index (χ0) is 8.69. The van der Waals surface area contributed by atoms with E-state index in [-0.39, 0.29) is 0 Å². The molecule has 0 bridgehead atoms. The molecule has 0 unspecified atom stereocenters. The predicted molar refractivity (Wildman–Crippen MR) is 47.6 cm³/mol. The van der Waals surface area contributed by atoms with Crippen molar-refractivity contribution in [2.45, 2.75) is 0 Å². The van der Waals surface area contributed by atoms with Crippen LogP contribution in [0.5, 0.6) is 0 Å². The van der Waals surface area contributed by atoms with Crippen LogP contribution in [0, 0.1) is 0 Å². The normalized spacial score (nSPS) is 10.9. The molecule has 0 fully saturated rings. The minimum Gasteiger partial charge on any atom is -0.336 e. The highest BCUT2D eigenvalue weighted by atomic mass is 35.5. The Morgan fingerprint density at radius 2 is 2.27 bits per heavy atom. The maximum absolute atomic E-state index is 10.3. The van der Waals surface area contributed by atoms with Crippen LogP contribution in [-0.2, 0) is 4.79 Å². The summed E-state index contributed by atoms with van der Waals surface area (Å²) in [6.07, 6.45) is 2.32. The third-order valence-corrected chi connectivity index (χ3v) is 1.59. The van der Waals surface area contributed by atoms with Gasteiger partial charge in [0.05, 0.1) is 6.54 Å². The number of hydrogen-bond donors (Lipinski definition) is 0. The maximum atomic E-state index is 10.3. The van der Waals surface area contributed by atoms with E-state index < -0.39 is 0 Å². The van der Waals surface area contributed by atoms with E-state index in [0.29, 0.717) is 24.5 Å². The molecule has 62 valence electrons. The lowest BCUT2D eigenvalue weighted by atomic mass is 10.5. The molecule has 0 heterocycles. The summed E-state index contributed by atoms with van der Waals surface area (Å²) in [7, 11) is 0. The number of rotatable bonds is 5. The molecule has 0 spiro atoms. The fourth-order valence-electron chi connectivity index (χ4n) is 0.539. The Morgan fingerprint density at radius 3 is 2.64 bits per heavy atom. The van der Waals surface area contributed by atoms with E-state index in [2.05, 4.69) is 6.58 Å². The van der Waals surface area contributed by atoms with Gasteiger partial charge in [0.2, 0.25) is 6.41 Å². The summed E-state index contributed by atoms with van der Waals surface area (Å²) < 4.78 is 0. The molecule has 1 amide bonds. The van der Waals surface area contributed by atoms with Gasteiger partial charge in [-0.15, -0.1) is 6.58 Å². The van der Waals surface area contributed by atoms with Crippen LogP contribution in [0.4, 0.5) is 0 Å². The van der Waals surface area contributed by atoms with Gasteiger partial charge >= 0.3 is 0 Å². The lowest BCUT2D eigenvalue weighted by Gasteiger charge is -2.12. The Morgan fingerprint density at radius 1 is 1.64 bits per heavy atom. The van der Waals surface area contributed by atoms with Gasteiger partial charge in [0.25, 0.3) is 0 Å². The van der Waals surface area contributed by atoms with Crippen molar-refractivity contribution in [2.75, 3.05) is 13.1 Å². The first-order valence-electron chi connectivity index (χ1n) is 2.99. The van der Waals surface area contributed by atoms with Gasteiger partial charge < -0.3 is 4.90 Å². The molecule has 0 rings (SSSR count). The number of carbonyl (C=O) groups is 1. The van der Waals surface area contributed by atoms with Crippen LogP contribution in [0.1, 0.15) is 0 Å². The molecule has 0 saturated heterocycles. The van der Waals surface area contributed by atoms with Gasteiger partial charge in [0.1, 0.15) is 0 Å². The molecular weight excluding hydrogens is 185 g/mol. The molecule has 0 aliphatic carbocycles. The van der Waals surface area contributed by atoms with Gasteiger partial charge in [-0.25, -0.2) is 0 Å². The minimum absolute atomic E-state index is 0.334. The summed E-state index contributed by atoms with van der Waals surface area (Å²) in [4.78, 5) is 11.7. The van der Waals surface area contributed by atoms with Crippen LogP contribution in [0.15, 0.2) is 23.2 Å². The van der Waals surface area contributed by atoms with Crippen molar-refractivity contribution < 1.29 is 4.79 Å². The third-order valence-electron chi connectivity index (χ3n) is 0.985. The van der Waals surface area contributed by atoms with E-state index in [4.69, 9.17) is 23.2 Å².